The maximum atomic E-state index is 11.0. The Morgan fingerprint density at radius 3 is 2.54 bits per heavy atom. The Bertz CT molecular complexity index is 873. The smallest absolute Gasteiger partial charge is 0.226 e. The van der Waals surface area contributed by atoms with Gasteiger partial charge in [0, 0.05) is 18.2 Å². The summed E-state index contributed by atoms with van der Waals surface area (Å²) in [6, 6.07) is 16.4. The van der Waals surface area contributed by atoms with Crippen molar-refractivity contribution in [1.82, 2.24) is 4.98 Å². The second-order valence-electron chi connectivity index (χ2n) is 5.86. The summed E-state index contributed by atoms with van der Waals surface area (Å²) in [6.07, 6.45) is -0.911. The van der Waals surface area contributed by atoms with Crippen molar-refractivity contribution in [3.8, 4) is 17.2 Å². The summed E-state index contributed by atoms with van der Waals surface area (Å²) in [5.74, 6) is 1.48. The molecule has 0 saturated heterocycles. The summed E-state index contributed by atoms with van der Waals surface area (Å²) < 4.78 is 11.3. The van der Waals surface area contributed by atoms with Crippen LogP contribution < -0.4 is 10.1 Å². The van der Waals surface area contributed by atoms with E-state index in [-0.39, 0.29) is 12.5 Å². The van der Waals surface area contributed by atoms with Gasteiger partial charge < -0.3 is 19.6 Å². The zero-order valence-corrected chi connectivity index (χ0v) is 14.6. The number of nitrogens with zero attached hydrogens (tertiary/aromatic N) is 1. The number of aromatic nitrogens is 1. The van der Waals surface area contributed by atoms with Crippen LogP contribution in [0.5, 0.6) is 5.75 Å². The molecule has 0 fully saturated rings. The van der Waals surface area contributed by atoms with E-state index in [1.807, 2.05) is 30.3 Å². The average Bonchev–Trinajstić information content (AvgIpc) is 3.03. The fourth-order valence-electron chi connectivity index (χ4n) is 2.51. The van der Waals surface area contributed by atoms with Crippen LogP contribution in [-0.4, -0.2) is 22.6 Å². The third-order valence-corrected chi connectivity index (χ3v) is 3.75. The van der Waals surface area contributed by atoms with Crippen molar-refractivity contribution in [3.63, 3.8) is 0 Å². The average molecular weight is 352 g/mol. The standard InChI is InChI=1S/C20H20N2O4/c1-13-19(22-20(26-13)15-6-4-3-5-7-15)18(24)12-25-17-10-8-16(9-11-17)21-14(2)23/h3-11,18,24H,12H2,1-2H3,(H,21,23). The highest BCUT2D eigenvalue weighted by Gasteiger charge is 2.19. The molecule has 3 rings (SSSR count). The molecule has 1 aromatic heterocycles. The van der Waals surface area contributed by atoms with Crippen LogP contribution in [0.2, 0.25) is 0 Å². The van der Waals surface area contributed by atoms with Gasteiger partial charge in [0.2, 0.25) is 11.8 Å². The Labute approximate surface area is 151 Å². The molecule has 0 bridgehead atoms. The summed E-state index contributed by atoms with van der Waals surface area (Å²) in [5.41, 5.74) is 1.99. The predicted octanol–water partition coefficient (Wildman–Crippen LogP) is 3.72. The Morgan fingerprint density at radius 1 is 1.19 bits per heavy atom. The van der Waals surface area contributed by atoms with Crippen molar-refractivity contribution in [1.29, 1.82) is 0 Å². The molecule has 6 heteroatoms. The molecule has 2 N–H and O–H groups in total. The molecule has 0 aliphatic carbocycles. The van der Waals surface area contributed by atoms with E-state index in [1.54, 1.807) is 31.2 Å². The molecule has 0 radical (unpaired) electrons. The molecule has 1 heterocycles. The number of carbonyl (C=O) groups excluding carboxylic acids is 1. The zero-order chi connectivity index (χ0) is 18.5. The topological polar surface area (TPSA) is 84.6 Å². The SMILES string of the molecule is CC(=O)Nc1ccc(OCC(O)c2nc(-c3ccccc3)oc2C)cc1. The number of aryl methyl sites for hydroxylation is 1. The van der Waals surface area contributed by atoms with Gasteiger partial charge in [0.05, 0.1) is 0 Å². The largest absolute Gasteiger partial charge is 0.490 e. The molecular formula is C20H20N2O4. The molecule has 0 saturated carbocycles. The van der Waals surface area contributed by atoms with E-state index < -0.39 is 6.10 Å². The van der Waals surface area contributed by atoms with Crippen LogP contribution in [0, 0.1) is 6.92 Å². The first kappa shape index (κ1) is 17.7. The lowest BCUT2D eigenvalue weighted by atomic mass is 10.2. The Balaban J connectivity index is 1.64. The number of oxazole rings is 1. The molecule has 134 valence electrons. The number of anilines is 1. The molecule has 0 aliphatic heterocycles. The number of carbonyl (C=O) groups is 1. The molecule has 0 aliphatic rings. The van der Waals surface area contributed by atoms with Gasteiger partial charge in [-0.25, -0.2) is 4.98 Å². The zero-order valence-electron chi connectivity index (χ0n) is 14.6. The lowest BCUT2D eigenvalue weighted by Crippen LogP contribution is -2.11. The van der Waals surface area contributed by atoms with Gasteiger partial charge >= 0.3 is 0 Å². The molecule has 6 nitrogen and oxygen atoms in total. The van der Waals surface area contributed by atoms with Crippen molar-refractivity contribution in [2.75, 3.05) is 11.9 Å². The summed E-state index contributed by atoms with van der Waals surface area (Å²) in [5, 5.41) is 13.1. The first-order valence-electron chi connectivity index (χ1n) is 8.24. The van der Waals surface area contributed by atoms with Gasteiger partial charge in [0.25, 0.3) is 0 Å². The van der Waals surface area contributed by atoms with E-state index in [0.29, 0.717) is 28.8 Å². The molecule has 3 aromatic rings. The molecule has 26 heavy (non-hydrogen) atoms. The van der Waals surface area contributed by atoms with Crippen LogP contribution in [0.25, 0.3) is 11.5 Å². The molecule has 1 unspecified atom stereocenters. The van der Waals surface area contributed by atoms with Crippen LogP contribution in [0.15, 0.2) is 59.0 Å². The van der Waals surface area contributed by atoms with E-state index in [2.05, 4.69) is 10.3 Å². The number of hydrogen-bond donors (Lipinski definition) is 2. The third kappa shape index (κ3) is 4.29. The van der Waals surface area contributed by atoms with E-state index >= 15 is 0 Å². The number of aliphatic hydroxyl groups is 1. The van der Waals surface area contributed by atoms with Gasteiger partial charge in [-0.05, 0) is 43.3 Å². The fraction of sp³-hybridized carbons (Fsp3) is 0.200. The summed E-state index contributed by atoms with van der Waals surface area (Å²) in [6.45, 7) is 3.26. The number of rotatable bonds is 6. The maximum absolute atomic E-state index is 11.0. The second kappa shape index (κ2) is 7.84. The summed E-state index contributed by atoms with van der Waals surface area (Å²) in [7, 11) is 0. The van der Waals surface area contributed by atoms with Crippen molar-refractivity contribution in [2.24, 2.45) is 0 Å². The maximum Gasteiger partial charge on any atom is 0.226 e. The highest BCUT2D eigenvalue weighted by Crippen LogP contribution is 2.26. The fourth-order valence-corrected chi connectivity index (χ4v) is 2.51. The summed E-state index contributed by atoms with van der Waals surface area (Å²) >= 11 is 0. The first-order chi connectivity index (χ1) is 12.5. The van der Waals surface area contributed by atoms with Crippen molar-refractivity contribution >= 4 is 11.6 Å². The van der Waals surface area contributed by atoms with Crippen LogP contribution in [0.4, 0.5) is 5.69 Å². The monoisotopic (exact) mass is 352 g/mol. The van der Waals surface area contributed by atoms with Gasteiger partial charge in [0.1, 0.15) is 29.9 Å². The highest BCUT2D eigenvalue weighted by atomic mass is 16.5. The predicted molar refractivity (Wildman–Crippen MR) is 97.9 cm³/mol. The van der Waals surface area contributed by atoms with E-state index in [9.17, 15) is 9.90 Å². The van der Waals surface area contributed by atoms with Gasteiger partial charge in [-0.15, -0.1) is 0 Å². The molecule has 1 amide bonds. The number of ether oxygens (including phenoxy) is 1. The molecule has 2 aromatic carbocycles. The van der Waals surface area contributed by atoms with E-state index in [4.69, 9.17) is 9.15 Å². The van der Waals surface area contributed by atoms with Crippen molar-refractivity contribution in [2.45, 2.75) is 20.0 Å². The van der Waals surface area contributed by atoms with Crippen molar-refractivity contribution < 1.29 is 19.1 Å². The molecular weight excluding hydrogens is 332 g/mol. The van der Waals surface area contributed by atoms with Gasteiger partial charge in [-0.2, -0.15) is 0 Å². The lowest BCUT2D eigenvalue weighted by molar-refractivity contribution is -0.114. The number of hydrogen-bond acceptors (Lipinski definition) is 5. The van der Waals surface area contributed by atoms with Crippen LogP contribution >= 0.6 is 0 Å². The normalized spacial score (nSPS) is 11.8. The minimum absolute atomic E-state index is 0.0427. The number of amides is 1. The molecule has 1 atom stereocenters. The Morgan fingerprint density at radius 2 is 1.88 bits per heavy atom. The quantitative estimate of drug-likeness (QED) is 0.706. The lowest BCUT2D eigenvalue weighted by Gasteiger charge is -2.11. The van der Waals surface area contributed by atoms with Gasteiger partial charge in [0.15, 0.2) is 0 Å². The molecule has 0 spiro atoms. The van der Waals surface area contributed by atoms with Gasteiger partial charge in [-0.1, -0.05) is 18.2 Å². The number of benzene rings is 2. The van der Waals surface area contributed by atoms with E-state index in [1.165, 1.54) is 6.92 Å². The number of aliphatic hydroxyl groups excluding tert-OH is 1. The minimum atomic E-state index is -0.911. The summed E-state index contributed by atoms with van der Waals surface area (Å²) in [4.78, 5) is 15.4. The minimum Gasteiger partial charge on any atom is -0.490 e. The van der Waals surface area contributed by atoms with Crippen LogP contribution in [0.3, 0.4) is 0 Å². The third-order valence-electron chi connectivity index (χ3n) is 3.75. The van der Waals surface area contributed by atoms with Crippen LogP contribution in [-0.2, 0) is 4.79 Å². The number of nitrogens with one attached hydrogen (secondary N) is 1. The first-order valence-corrected chi connectivity index (χ1v) is 8.24. The van der Waals surface area contributed by atoms with E-state index in [0.717, 1.165) is 5.56 Å². The van der Waals surface area contributed by atoms with Crippen molar-refractivity contribution in [3.05, 3.63) is 66.1 Å². The van der Waals surface area contributed by atoms with Gasteiger partial charge in [-0.3, -0.25) is 4.79 Å². The Kier molecular flexibility index (Phi) is 5.34. The van der Waals surface area contributed by atoms with Crippen LogP contribution in [0.1, 0.15) is 24.5 Å². The Hall–Kier alpha value is -3.12. The highest BCUT2D eigenvalue weighted by molar-refractivity contribution is 5.88. The second-order valence-corrected chi connectivity index (χ2v) is 5.86.